The second-order valence-electron chi connectivity index (χ2n) is 6.93. The highest BCUT2D eigenvalue weighted by Crippen LogP contribution is 2.47. The number of benzene rings is 1. The van der Waals surface area contributed by atoms with E-state index in [9.17, 15) is 9.90 Å². The fourth-order valence-electron chi connectivity index (χ4n) is 4.54. The summed E-state index contributed by atoms with van der Waals surface area (Å²) in [4.78, 5) is 21.8. The minimum Gasteiger partial charge on any atom is -0.385 e. The quantitative estimate of drug-likeness (QED) is 0.892. The van der Waals surface area contributed by atoms with Gasteiger partial charge >= 0.3 is 0 Å². The second kappa shape index (κ2) is 6.06. The van der Waals surface area contributed by atoms with Gasteiger partial charge in [-0.3, -0.25) is 4.79 Å². The number of likely N-dealkylation sites (tertiary alicyclic amines) is 1. The maximum atomic E-state index is 12.8. The van der Waals surface area contributed by atoms with Gasteiger partial charge in [0, 0.05) is 30.9 Å². The number of nitrogens with one attached hydrogen (secondary N) is 1. The van der Waals surface area contributed by atoms with Gasteiger partial charge in [0.25, 0.3) is 5.91 Å². The van der Waals surface area contributed by atoms with Crippen LogP contribution < -0.4 is 0 Å². The Hall–Kier alpha value is -2.14. The van der Waals surface area contributed by atoms with E-state index in [4.69, 9.17) is 0 Å². The Kier molecular flexibility index (Phi) is 3.88. The Morgan fingerprint density at radius 2 is 2.04 bits per heavy atom. The van der Waals surface area contributed by atoms with Crippen molar-refractivity contribution in [3.05, 3.63) is 54.1 Å². The molecule has 1 aromatic heterocycles. The van der Waals surface area contributed by atoms with Crippen LogP contribution in [0.3, 0.4) is 0 Å². The topological polar surface area (TPSA) is 69.2 Å². The van der Waals surface area contributed by atoms with Crippen molar-refractivity contribution in [2.24, 2.45) is 5.92 Å². The minimum absolute atomic E-state index is 0.0491. The zero-order chi connectivity index (χ0) is 16.6. The third kappa shape index (κ3) is 2.44. The lowest BCUT2D eigenvalue weighted by Gasteiger charge is -2.52. The van der Waals surface area contributed by atoms with E-state index < -0.39 is 5.60 Å². The summed E-state index contributed by atoms with van der Waals surface area (Å²) in [7, 11) is 0. The summed E-state index contributed by atoms with van der Waals surface area (Å²) in [5.74, 6) is 0.429. The first-order chi connectivity index (χ1) is 11.7. The molecule has 2 aliphatic rings. The molecule has 0 spiro atoms. The maximum Gasteiger partial charge on any atom is 0.289 e. The average molecular weight is 325 g/mol. The lowest BCUT2D eigenvalue weighted by molar-refractivity contribution is -0.110. The van der Waals surface area contributed by atoms with Crippen LogP contribution in [0.15, 0.2) is 42.7 Å². The normalized spacial score (nSPS) is 30.0. The number of aromatic nitrogens is 2. The number of carbonyl (C=O) groups is 1. The van der Waals surface area contributed by atoms with Gasteiger partial charge in [0.15, 0.2) is 5.82 Å². The Morgan fingerprint density at radius 3 is 2.79 bits per heavy atom. The molecule has 2 heterocycles. The first-order valence-corrected chi connectivity index (χ1v) is 8.78. The first kappa shape index (κ1) is 15.4. The standard InChI is InChI=1S/C19H23N3O2/c23-18(17-20-11-12-21-17)22-13-10-19(24,14-6-2-1-3-7-14)15-8-4-5-9-16(15)22/h1-3,6-7,11-12,15-16,24H,4-5,8-10,13H2,(H,20,21)/t15-,16+,19-/m0/s1. The molecule has 2 fully saturated rings. The lowest BCUT2D eigenvalue weighted by atomic mass is 9.66. The van der Waals surface area contributed by atoms with Crippen molar-refractivity contribution in [1.29, 1.82) is 0 Å². The molecule has 4 rings (SSSR count). The number of hydrogen-bond acceptors (Lipinski definition) is 3. The molecular formula is C19H23N3O2. The first-order valence-electron chi connectivity index (χ1n) is 8.78. The van der Waals surface area contributed by atoms with Crippen LogP contribution in [0.1, 0.15) is 48.3 Å². The molecule has 1 saturated carbocycles. The van der Waals surface area contributed by atoms with Crippen LogP contribution in [-0.4, -0.2) is 38.5 Å². The molecule has 1 aliphatic heterocycles. The van der Waals surface area contributed by atoms with Crippen LogP contribution in [0.4, 0.5) is 0 Å². The van der Waals surface area contributed by atoms with Gasteiger partial charge in [0.2, 0.25) is 0 Å². The van der Waals surface area contributed by atoms with Crippen LogP contribution in [0.2, 0.25) is 0 Å². The van der Waals surface area contributed by atoms with Crippen LogP contribution >= 0.6 is 0 Å². The highest BCUT2D eigenvalue weighted by atomic mass is 16.3. The molecule has 3 atom stereocenters. The average Bonchev–Trinajstić information content (AvgIpc) is 3.17. The second-order valence-corrected chi connectivity index (χ2v) is 6.93. The SMILES string of the molecule is O=C(c1ncc[nH]1)N1CC[C@](O)(c2ccccc2)[C@H]2CCCC[C@H]21. The number of H-pyrrole nitrogens is 1. The Bertz CT molecular complexity index is 701. The fourth-order valence-corrected chi connectivity index (χ4v) is 4.54. The molecule has 0 radical (unpaired) electrons. The minimum atomic E-state index is -0.841. The zero-order valence-corrected chi connectivity index (χ0v) is 13.7. The molecule has 5 heteroatoms. The third-order valence-electron chi connectivity index (χ3n) is 5.71. The summed E-state index contributed by atoms with van der Waals surface area (Å²) in [5, 5.41) is 11.5. The van der Waals surface area contributed by atoms with E-state index >= 15 is 0 Å². The largest absolute Gasteiger partial charge is 0.385 e. The van der Waals surface area contributed by atoms with E-state index in [1.807, 2.05) is 35.2 Å². The van der Waals surface area contributed by atoms with Crippen molar-refractivity contribution in [3.8, 4) is 0 Å². The number of amides is 1. The number of hydrogen-bond donors (Lipinski definition) is 2. The fraction of sp³-hybridized carbons (Fsp3) is 0.474. The number of fused-ring (bicyclic) bond motifs is 1. The third-order valence-corrected chi connectivity index (χ3v) is 5.71. The van der Waals surface area contributed by atoms with E-state index in [1.54, 1.807) is 12.4 Å². The van der Waals surface area contributed by atoms with Crippen molar-refractivity contribution < 1.29 is 9.90 Å². The van der Waals surface area contributed by atoms with Gasteiger partial charge in [-0.1, -0.05) is 43.2 Å². The predicted molar refractivity (Wildman–Crippen MR) is 90.3 cm³/mol. The van der Waals surface area contributed by atoms with Gasteiger partial charge in [0.1, 0.15) is 0 Å². The Balaban J connectivity index is 1.66. The molecule has 0 bridgehead atoms. The number of carbonyl (C=O) groups excluding carboxylic acids is 1. The lowest BCUT2D eigenvalue weighted by Crippen LogP contribution is -2.59. The molecule has 1 aromatic carbocycles. The number of aliphatic hydroxyl groups is 1. The van der Waals surface area contributed by atoms with Gasteiger partial charge in [-0.2, -0.15) is 0 Å². The van der Waals surface area contributed by atoms with Gasteiger partial charge in [-0.25, -0.2) is 4.98 Å². The van der Waals surface area contributed by atoms with E-state index in [1.165, 1.54) is 0 Å². The molecule has 1 aliphatic carbocycles. The van der Waals surface area contributed by atoms with Gasteiger partial charge < -0.3 is 15.0 Å². The van der Waals surface area contributed by atoms with E-state index in [0.29, 0.717) is 18.8 Å². The molecule has 5 nitrogen and oxygen atoms in total. The number of piperidine rings is 1. The van der Waals surface area contributed by atoms with Gasteiger partial charge in [-0.05, 0) is 24.8 Å². The summed E-state index contributed by atoms with van der Waals surface area (Å²) < 4.78 is 0. The van der Waals surface area contributed by atoms with Gasteiger partial charge in [0.05, 0.1) is 5.60 Å². The summed E-state index contributed by atoms with van der Waals surface area (Å²) >= 11 is 0. The maximum absolute atomic E-state index is 12.8. The Morgan fingerprint density at radius 1 is 1.25 bits per heavy atom. The highest BCUT2D eigenvalue weighted by Gasteiger charge is 2.50. The van der Waals surface area contributed by atoms with Gasteiger partial charge in [-0.15, -0.1) is 0 Å². The highest BCUT2D eigenvalue weighted by molar-refractivity contribution is 5.90. The summed E-state index contributed by atoms with van der Waals surface area (Å²) in [5.41, 5.74) is 0.138. The monoisotopic (exact) mass is 325 g/mol. The Labute approximate surface area is 141 Å². The predicted octanol–water partition coefficient (Wildman–Crippen LogP) is 2.70. The zero-order valence-electron chi connectivity index (χ0n) is 13.7. The molecule has 1 saturated heterocycles. The van der Waals surface area contributed by atoms with Crippen molar-refractivity contribution in [1.82, 2.24) is 14.9 Å². The number of nitrogens with zero attached hydrogens (tertiary/aromatic N) is 2. The number of rotatable bonds is 2. The summed E-state index contributed by atoms with van der Waals surface area (Å²) in [6, 6.07) is 10.0. The summed E-state index contributed by atoms with van der Waals surface area (Å²) in [6.07, 6.45) is 7.98. The molecule has 24 heavy (non-hydrogen) atoms. The number of aromatic amines is 1. The molecular weight excluding hydrogens is 302 g/mol. The van der Waals surface area contributed by atoms with E-state index in [-0.39, 0.29) is 17.9 Å². The molecule has 126 valence electrons. The van der Waals surface area contributed by atoms with Crippen molar-refractivity contribution in [2.75, 3.05) is 6.54 Å². The van der Waals surface area contributed by atoms with Crippen LogP contribution in [-0.2, 0) is 5.60 Å². The van der Waals surface area contributed by atoms with E-state index in [2.05, 4.69) is 9.97 Å². The van der Waals surface area contributed by atoms with Crippen LogP contribution in [0.5, 0.6) is 0 Å². The molecule has 2 N–H and O–H groups in total. The molecule has 1 amide bonds. The van der Waals surface area contributed by atoms with Crippen molar-refractivity contribution >= 4 is 5.91 Å². The molecule has 0 unspecified atom stereocenters. The van der Waals surface area contributed by atoms with E-state index in [0.717, 1.165) is 31.2 Å². The number of imidazole rings is 1. The molecule has 2 aromatic rings. The smallest absolute Gasteiger partial charge is 0.289 e. The summed E-state index contributed by atoms with van der Waals surface area (Å²) in [6.45, 7) is 0.562. The van der Waals surface area contributed by atoms with Crippen LogP contribution in [0.25, 0.3) is 0 Å². The van der Waals surface area contributed by atoms with Crippen molar-refractivity contribution in [3.63, 3.8) is 0 Å². The van der Waals surface area contributed by atoms with Crippen LogP contribution in [0, 0.1) is 5.92 Å². The van der Waals surface area contributed by atoms with Crippen molar-refractivity contribution in [2.45, 2.75) is 43.7 Å².